The maximum Gasteiger partial charge on any atom is 0.254 e. The Morgan fingerprint density at radius 1 is 0.884 bits per heavy atom. The monoisotopic (exact) mass is 577 g/mol. The van der Waals surface area contributed by atoms with Crippen LogP contribution in [0, 0.1) is 0 Å². The van der Waals surface area contributed by atoms with Crippen LogP contribution in [0.4, 0.5) is 0 Å². The van der Waals surface area contributed by atoms with E-state index < -0.39 is 0 Å². The van der Waals surface area contributed by atoms with Crippen molar-refractivity contribution >= 4 is 5.91 Å². The zero-order chi connectivity index (χ0) is 29.4. The summed E-state index contributed by atoms with van der Waals surface area (Å²) < 4.78 is 17.8. The smallest absolute Gasteiger partial charge is 0.254 e. The van der Waals surface area contributed by atoms with Gasteiger partial charge in [-0.05, 0) is 84.6 Å². The van der Waals surface area contributed by atoms with Crippen molar-refractivity contribution in [2.75, 3.05) is 46.6 Å². The van der Waals surface area contributed by atoms with Crippen LogP contribution in [-0.4, -0.2) is 67.3 Å². The van der Waals surface area contributed by atoms with Crippen LogP contribution in [0.1, 0.15) is 45.5 Å². The van der Waals surface area contributed by atoms with Gasteiger partial charge in [0.2, 0.25) is 0 Å². The van der Waals surface area contributed by atoms with Crippen molar-refractivity contribution in [3.63, 3.8) is 0 Å². The number of aromatic nitrogens is 1. The van der Waals surface area contributed by atoms with E-state index >= 15 is 0 Å². The Morgan fingerprint density at radius 2 is 1.77 bits per heavy atom. The summed E-state index contributed by atoms with van der Waals surface area (Å²) in [5, 5.41) is 0. The molecule has 0 spiro atoms. The number of fused-ring (bicyclic) bond motifs is 3. The Bertz CT molecular complexity index is 1540. The van der Waals surface area contributed by atoms with E-state index in [2.05, 4.69) is 52.3 Å². The second-order valence-corrected chi connectivity index (χ2v) is 11.3. The van der Waals surface area contributed by atoms with Crippen molar-refractivity contribution in [1.82, 2.24) is 14.8 Å². The standard InChI is InChI=1S/C36H39N3O4/c1-41-34-11-10-30(23-33(34)26-38-14-2-3-15-38)36(40)39-16-17-42-18-19-43-35-12-9-29(31-8-5-13-37-24-31)22-32(35)21-27-6-4-7-28(20-27)25-39/h4-13,20,22-24H,2-3,14-19,21,25-26H2,1H3. The van der Waals surface area contributed by atoms with Crippen LogP contribution in [0.15, 0.2) is 85.2 Å². The number of benzene rings is 3. The minimum absolute atomic E-state index is 0.00543. The van der Waals surface area contributed by atoms with Gasteiger partial charge >= 0.3 is 0 Å². The molecule has 0 atom stereocenters. The molecule has 7 heteroatoms. The third-order valence-corrected chi connectivity index (χ3v) is 8.21. The lowest BCUT2D eigenvalue weighted by Gasteiger charge is -2.25. The number of nitrogens with zero attached hydrogens (tertiary/aromatic N) is 3. The first-order valence-electron chi connectivity index (χ1n) is 15.2. The third kappa shape index (κ3) is 7.24. The fourth-order valence-corrected chi connectivity index (χ4v) is 5.99. The Balaban J connectivity index is 1.26. The lowest BCUT2D eigenvalue weighted by atomic mass is 9.98. The van der Waals surface area contributed by atoms with E-state index in [4.69, 9.17) is 14.2 Å². The summed E-state index contributed by atoms with van der Waals surface area (Å²) in [6.45, 7) is 5.26. The highest BCUT2D eigenvalue weighted by molar-refractivity contribution is 5.94. The molecule has 7 nitrogen and oxygen atoms in total. The summed E-state index contributed by atoms with van der Waals surface area (Å²) in [5.41, 5.74) is 7.25. The van der Waals surface area contributed by atoms with Crippen LogP contribution >= 0.6 is 0 Å². The summed E-state index contributed by atoms with van der Waals surface area (Å²) in [6, 6.07) is 24.6. The molecule has 6 rings (SSSR count). The fraction of sp³-hybridized carbons (Fsp3) is 0.333. The highest BCUT2D eigenvalue weighted by Gasteiger charge is 2.21. The molecular formula is C36H39N3O4. The molecule has 4 aromatic rings. The number of ether oxygens (including phenoxy) is 3. The molecule has 1 aromatic heterocycles. The molecule has 2 bridgehead atoms. The molecule has 1 amide bonds. The number of methoxy groups -OCH3 is 1. The van der Waals surface area contributed by atoms with Crippen LogP contribution in [0.5, 0.6) is 11.5 Å². The van der Waals surface area contributed by atoms with Crippen molar-refractivity contribution in [2.24, 2.45) is 0 Å². The molecule has 2 aliphatic rings. The minimum atomic E-state index is -0.00543. The molecule has 1 fully saturated rings. The first kappa shape index (κ1) is 28.9. The zero-order valence-electron chi connectivity index (χ0n) is 24.8. The molecule has 0 unspecified atom stereocenters. The molecule has 0 N–H and O–H groups in total. The number of hydrogen-bond donors (Lipinski definition) is 0. The van der Waals surface area contributed by atoms with Gasteiger partial charge in [0.15, 0.2) is 0 Å². The number of hydrogen-bond acceptors (Lipinski definition) is 6. The molecule has 3 aromatic carbocycles. The predicted molar refractivity (Wildman–Crippen MR) is 167 cm³/mol. The average Bonchev–Trinajstić information content (AvgIpc) is 3.56. The normalized spacial score (nSPS) is 16.2. The van der Waals surface area contributed by atoms with Gasteiger partial charge in [-0.1, -0.05) is 36.4 Å². The first-order valence-corrected chi connectivity index (χ1v) is 15.2. The second kappa shape index (κ2) is 13.8. The van der Waals surface area contributed by atoms with Gasteiger partial charge < -0.3 is 19.1 Å². The van der Waals surface area contributed by atoms with Crippen molar-refractivity contribution in [3.05, 3.63) is 113 Å². The number of amides is 1. The Hall–Kier alpha value is -4.20. The highest BCUT2D eigenvalue weighted by Crippen LogP contribution is 2.29. The topological polar surface area (TPSA) is 64.1 Å². The SMILES string of the molecule is COc1ccc(C(=O)N2CCOCCOc3ccc(-c4cccnc4)cc3Cc3cccc(c3)C2)cc1CN1CCCC1. The average molecular weight is 578 g/mol. The van der Waals surface area contributed by atoms with E-state index in [0.29, 0.717) is 44.9 Å². The summed E-state index contributed by atoms with van der Waals surface area (Å²) in [6.07, 6.45) is 6.81. The van der Waals surface area contributed by atoms with Gasteiger partial charge in [0.05, 0.1) is 20.3 Å². The molecule has 0 saturated carbocycles. The van der Waals surface area contributed by atoms with Gasteiger partial charge in [0, 0.05) is 55.1 Å². The van der Waals surface area contributed by atoms with E-state index in [1.54, 1.807) is 13.3 Å². The number of rotatable bonds is 5. The highest BCUT2D eigenvalue weighted by atomic mass is 16.5. The summed E-state index contributed by atoms with van der Waals surface area (Å²) >= 11 is 0. The molecule has 43 heavy (non-hydrogen) atoms. The summed E-state index contributed by atoms with van der Waals surface area (Å²) in [7, 11) is 1.69. The molecule has 0 aliphatic carbocycles. The van der Waals surface area contributed by atoms with Gasteiger partial charge in [-0.25, -0.2) is 0 Å². The predicted octanol–water partition coefficient (Wildman–Crippen LogP) is 6.00. The van der Waals surface area contributed by atoms with E-state index in [0.717, 1.165) is 59.0 Å². The van der Waals surface area contributed by atoms with Gasteiger partial charge in [0.25, 0.3) is 5.91 Å². The lowest BCUT2D eigenvalue weighted by molar-refractivity contribution is 0.0571. The molecule has 3 heterocycles. The van der Waals surface area contributed by atoms with E-state index in [9.17, 15) is 4.79 Å². The number of pyridine rings is 1. The third-order valence-electron chi connectivity index (χ3n) is 8.21. The van der Waals surface area contributed by atoms with Gasteiger partial charge in [-0.2, -0.15) is 0 Å². The molecule has 2 aliphatic heterocycles. The number of carbonyl (C=O) groups excluding carboxylic acids is 1. The van der Waals surface area contributed by atoms with Gasteiger partial charge in [-0.3, -0.25) is 14.7 Å². The Labute approximate surface area is 254 Å². The Kier molecular flexibility index (Phi) is 9.31. The van der Waals surface area contributed by atoms with E-state index in [1.807, 2.05) is 41.4 Å². The van der Waals surface area contributed by atoms with Gasteiger partial charge in [0.1, 0.15) is 18.1 Å². The van der Waals surface area contributed by atoms with Gasteiger partial charge in [-0.15, -0.1) is 0 Å². The maximum absolute atomic E-state index is 13.9. The lowest BCUT2D eigenvalue weighted by Crippen LogP contribution is -2.34. The van der Waals surface area contributed by atoms with Crippen molar-refractivity contribution < 1.29 is 19.0 Å². The van der Waals surface area contributed by atoms with E-state index in [-0.39, 0.29) is 5.91 Å². The molecular weight excluding hydrogens is 538 g/mol. The number of likely N-dealkylation sites (tertiary alicyclic amines) is 1. The van der Waals surface area contributed by atoms with Crippen LogP contribution in [0.25, 0.3) is 11.1 Å². The second-order valence-electron chi connectivity index (χ2n) is 11.3. The quantitative estimate of drug-likeness (QED) is 0.290. The van der Waals surface area contributed by atoms with Crippen LogP contribution in [0.3, 0.4) is 0 Å². The fourth-order valence-electron chi connectivity index (χ4n) is 5.99. The van der Waals surface area contributed by atoms with Crippen molar-refractivity contribution in [3.8, 4) is 22.6 Å². The largest absolute Gasteiger partial charge is 0.496 e. The van der Waals surface area contributed by atoms with E-state index in [1.165, 1.54) is 18.4 Å². The summed E-state index contributed by atoms with van der Waals surface area (Å²) in [5.74, 6) is 1.68. The molecule has 222 valence electrons. The van der Waals surface area contributed by atoms with Crippen LogP contribution in [0.2, 0.25) is 0 Å². The number of carbonyl (C=O) groups is 1. The summed E-state index contributed by atoms with van der Waals surface area (Å²) in [4.78, 5) is 22.5. The zero-order valence-corrected chi connectivity index (χ0v) is 24.8. The Morgan fingerprint density at radius 3 is 2.60 bits per heavy atom. The molecule has 1 saturated heterocycles. The van der Waals surface area contributed by atoms with Crippen molar-refractivity contribution in [2.45, 2.75) is 32.4 Å². The first-order chi connectivity index (χ1) is 21.2. The van der Waals surface area contributed by atoms with Crippen LogP contribution in [-0.2, 0) is 24.2 Å². The minimum Gasteiger partial charge on any atom is -0.496 e. The van der Waals surface area contributed by atoms with Crippen molar-refractivity contribution in [1.29, 1.82) is 0 Å². The maximum atomic E-state index is 13.9. The van der Waals surface area contributed by atoms with Crippen LogP contribution < -0.4 is 9.47 Å². The molecule has 0 radical (unpaired) electrons.